The average Bonchev–Trinajstić information content (AvgIpc) is 2.85. The highest BCUT2D eigenvalue weighted by Gasteiger charge is 2.30. The monoisotopic (exact) mass is 509 g/mol. The van der Waals surface area contributed by atoms with Crippen LogP contribution >= 0.6 is 57.6 Å². The molecule has 0 aromatic heterocycles. The second-order valence-corrected chi connectivity index (χ2v) is 7.29. The highest BCUT2D eigenvalue weighted by molar-refractivity contribution is 14.1. The fourth-order valence-corrected chi connectivity index (χ4v) is 4.51. The molecule has 4 N–H and O–H groups in total. The average molecular weight is 510 g/mol. The van der Waals surface area contributed by atoms with Crippen LogP contribution in [0.25, 0.3) is 0 Å². The van der Waals surface area contributed by atoms with Gasteiger partial charge in [0.2, 0.25) is 0 Å². The van der Waals surface area contributed by atoms with E-state index in [9.17, 15) is 10.2 Å². The summed E-state index contributed by atoms with van der Waals surface area (Å²) in [6, 6.07) is 3.26. The quantitative estimate of drug-likeness (QED) is 0.546. The van der Waals surface area contributed by atoms with Gasteiger partial charge in [-0.1, -0.05) is 12.8 Å². The first kappa shape index (κ1) is 17.7. The maximum atomic E-state index is 10.3. The zero-order valence-electron chi connectivity index (χ0n) is 10.4. The van der Waals surface area contributed by atoms with E-state index in [1.54, 1.807) is 0 Å². The van der Waals surface area contributed by atoms with Crippen LogP contribution < -0.4 is 5.73 Å². The molecule has 19 heavy (non-hydrogen) atoms. The molecular weight excluding hydrogens is 491 g/mol. The third kappa shape index (κ3) is 4.09. The van der Waals surface area contributed by atoms with E-state index in [0.29, 0.717) is 5.56 Å². The van der Waals surface area contributed by atoms with Gasteiger partial charge in [0.25, 0.3) is 0 Å². The molecule has 0 bridgehead atoms. The Bertz CT molecular complexity index is 439. The highest BCUT2D eigenvalue weighted by Crippen LogP contribution is 2.37. The van der Waals surface area contributed by atoms with Crippen molar-refractivity contribution in [2.75, 3.05) is 0 Å². The molecule has 1 aromatic carbocycles. The topological polar surface area (TPSA) is 66.5 Å². The molecule has 0 radical (unpaired) electrons. The Balaban J connectivity index is 0.00000180. The zero-order chi connectivity index (χ0) is 13.3. The Hall–Kier alpha value is 0.690. The Labute approximate surface area is 147 Å². The SMILES string of the molecule is Cl.N[C@@H](c1cc(I)cc(I)c1O)[C@H](O)C1CCCC1. The largest absolute Gasteiger partial charge is 0.506 e. The van der Waals surface area contributed by atoms with Crippen molar-refractivity contribution in [1.82, 2.24) is 0 Å². The number of aliphatic hydroxyl groups excluding tert-OH is 1. The number of phenols is 1. The number of hydrogen-bond acceptors (Lipinski definition) is 3. The summed E-state index contributed by atoms with van der Waals surface area (Å²) < 4.78 is 1.81. The Kier molecular flexibility index (Phi) is 7.12. The minimum atomic E-state index is -0.563. The van der Waals surface area contributed by atoms with E-state index in [4.69, 9.17) is 5.73 Å². The van der Waals surface area contributed by atoms with Gasteiger partial charge in [0.05, 0.1) is 15.7 Å². The number of nitrogens with two attached hydrogens (primary N) is 1. The van der Waals surface area contributed by atoms with Crippen LogP contribution in [0.4, 0.5) is 0 Å². The molecule has 2 atom stereocenters. The van der Waals surface area contributed by atoms with Gasteiger partial charge in [-0.3, -0.25) is 0 Å². The van der Waals surface area contributed by atoms with Crippen LogP contribution in [0.5, 0.6) is 5.75 Å². The second-order valence-electron chi connectivity index (χ2n) is 4.89. The summed E-state index contributed by atoms with van der Waals surface area (Å²) >= 11 is 4.29. The molecule has 2 rings (SSSR count). The van der Waals surface area contributed by atoms with Crippen molar-refractivity contribution in [2.45, 2.75) is 37.8 Å². The summed E-state index contributed by atoms with van der Waals surface area (Å²) in [6.45, 7) is 0. The fraction of sp³-hybridized carbons (Fsp3) is 0.538. The normalized spacial score (nSPS) is 18.9. The molecule has 1 saturated carbocycles. The Morgan fingerprint density at radius 1 is 1.21 bits per heavy atom. The molecule has 1 aliphatic rings. The van der Waals surface area contributed by atoms with Gasteiger partial charge < -0.3 is 15.9 Å². The Morgan fingerprint density at radius 2 is 1.79 bits per heavy atom. The van der Waals surface area contributed by atoms with Gasteiger partial charge in [0.1, 0.15) is 5.75 Å². The molecule has 1 aromatic rings. The summed E-state index contributed by atoms with van der Waals surface area (Å²) in [5.74, 6) is 0.482. The van der Waals surface area contributed by atoms with Gasteiger partial charge in [0.15, 0.2) is 0 Å². The van der Waals surface area contributed by atoms with E-state index in [1.165, 1.54) is 12.8 Å². The lowest BCUT2D eigenvalue weighted by molar-refractivity contribution is 0.0836. The van der Waals surface area contributed by atoms with Crippen LogP contribution in [-0.2, 0) is 0 Å². The van der Waals surface area contributed by atoms with Gasteiger partial charge in [-0.2, -0.15) is 0 Å². The van der Waals surface area contributed by atoms with Gasteiger partial charge in [-0.05, 0) is 76.1 Å². The predicted molar refractivity (Wildman–Crippen MR) is 95.7 cm³/mol. The number of phenolic OH excluding ortho intramolecular Hbond substituents is 1. The number of aromatic hydroxyl groups is 1. The summed E-state index contributed by atoms with van der Waals surface area (Å²) in [6.07, 6.45) is 3.86. The number of aliphatic hydroxyl groups is 1. The molecule has 0 spiro atoms. The van der Waals surface area contributed by atoms with Crippen molar-refractivity contribution in [2.24, 2.45) is 11.7 Å². The smallest absolute Gasteiger partial charge is 0.133 e. The van der Waals surface area contributed by atoms with Crippen LogP contribution in [0.3, 0.4) is 0 Å². The Morgan fingerprint density at radius 3 is 2.37 bits per heavy atom. The van der Waals surface area contributed by atoms with Crippen molar-refractivity contribution >= 4 is 57.6 Å². The van der Waals surface area contributed by atoms with Crippen LogP contribution in [0, 0.1) is 13.1 Å². The maximum Gasteiger partial charge on any atom is 0.133 e. The lowest BCUT2D eigenvalue weighted by Gasteiger charge is -2.25. The summed E-state index contributed by atoms with van der Waals surface area (Å²) in [7, 11) is 0. The molecule has 1 aliphatic carbocycles. The van der Waals surface area contributed by atoms with Crippen LogP contribution in [0.15, 0.2) is 12.1 Å². The van der Waals surface area contributed by atoms with Crippen LogP contribution in [0.2, 0.25) is 0 Å². The van der Waals surface area contributed by atoms with Gasteiger partial charge >= 0.3 is 0 Å². The maximum absolute atomic E-state index is 10.3. The minimum absolute atomic E-state index is 0. The number of hydrogen-bond donors (Lipinski definition) is 3. The van der Waals surface area contributed by atoms with Crippen LogP contribution in [0.1, 0.15) is 37.3 Å². The van der Waals surface area contributed by atoms with Gasteiger partial charge in [-0.25, -0.2) is 0 Å². The number of benzene rings is 1. The van der Waals surface area contributed by atoms with E-state index < -0.39 is 12.1 Å². The predicted octanol–water partition coefficient (Wildman–Crippen LogP) is 3.57. The van der Waals surface area contributed by atoms with E-state index in [2.05, 4.69) is 45.2 Å². The highest BCUT2D eigenvalue weighted by atomic mass is 127. The van der Waals surface area contributed by atoms with Crippen molar-refractivity contribution < 1.29 is 10.2 Å². The molecule has 6 heteroatoms. The van der Waals surface area contributed by atoms with E-state index in [0.717, 1.165) is 20.0 Å². The molecule has 108 valence electrons. The molecular formula is C13H18ClI2NO2. The summed E-state index contributed by atoms with van der Waals surface area (Å²) in [4.78, 5) is 0. The summed E-state index contributed by atoms with van der Waals surface area (Å²) in [5, 5.41) is 20.4. The molecule has 0 aliphatic heterocycles. The van der Waals surface area contributed by atoms with E-state index in [-0.39, 0.29) is 24.1 Å². The van der Waals surface area contributed by atoms with E-state index >= 15 is 0 Å². The zero-order valence-corrected chi connectivity index (χ0v) is 15.5. The molecule has 0 unspecified atom stereocenters. The van der Waals surface area contributed by atoms with Crippen molar-refractivity contribution in [3.63, 3.8) is 0 Å². The third-order valence-corrected chi connectivity index (χ3v) is 5.11. The summed E-state index contributed by atoms with van der Waals surface area (Å²) in [5.41, 5.74) is 6.80. The molecule has 3 nitrogen and oxygen atoms in total. The molecule has 0 heterocycles. The third-order valence-electron chi connectivity index (χ3n) is 3.67. The second kappa shape index (κ2) is 7.63. The first-order valence-electron chi connectivity index (χ1n) is 6.12. The molecule has 0 saturated heterocycles. The number of halogens is 3. The minimum Gasteiger partial charge on any atom is -0.506 e. The molecule has 0 amide bonds. The lowest BCUT2D eigenvalue weighted by atomic mass is 9.90. The van der Waals surface area contributed by atoms with Gasteiger partial charge in [0, 0.05) is 9.13 Å². The van der Waals surface area contributed by atoms with E-state index in [1.807, 2.05) is 12.1 Å². The standard InChI is InChI=1S/C13H17I2NO2.ClH/c14-8-5-9(13(18)10(15)6-8)11(16)12(17)7-3-1-2-4-7;/h5-7,11-12,17-18H,1-4,16H2;1H/t11-,12+;/m0./s1. The van der Waals surface area contributed by atoms with Crippen molar-refractivity contribution in [1.29, 1.82) is 0 Å². The van der Waals surface area contributed by atoms with Gasteiger partial charge in [-0.15, -0.1) is 12.4 Å². The van der Waals surface area contributed by atoms with Crippen LogP contribution in [-0.4, -0.2) is 16.3 Å². The molecule has 1 fully saturated rings. The van der Waals surface area contributed by atoms with Crippen molar-refractivity contribution in [3.05, 3.63) is 24.8 Å². The fourth-order valence-electron chi connectivity index (χ4n) is 2.62. The first-order chi connectivity index (χ1) is 8.50. The number of rotatable bonds is 3. The lowest BCUT2D eigenvalue weighted by Crippen LogP contribution is -2.32. The van der Waals surface area contributed by atoms with Crippen molar-refractivity contribution in [3.8, 4) is 5.75 Å². The first-order valence-corrected chi connectivity index (χ1v) is 8.28.